The van der Waals surface area contributed by atoms with Crippen molar-refractivity contribution in [3.63, 3.8) is 0 Å². The van der Waals surface area contributed by atoms with Crippen LogP contribution in [0.25, 0.3) is 0 Å². The van der Waals surface area contributed by atoms with Crippen LogP contribution in [-0.4, -0.2) is 38.5 Å². The molecule has 7 nitrogen and oxygen atoms in total. The number of hydrogen-bond donors (Lipinski definition) is 2. The van der Waals surface area contributed by atoms with Crippen LogP contribution in [-0.2, 0) is 15.3 Å². The molecule has 2 aromatic rings. The van der Waals surface area contributed by atoms with Crippen molar-refractivity contribution >= 4 is 38.8 Å². The zero-order chi connectivity index (χ0) is 22.3. The summed E-state index contributed by atoms with van der Waals surface area (Å²) in [5, 5.41) is 3.08. The molecule has 1 amide bonds. The number of benzene rings is 1. The van der Waals surface area contributed by atoms with Crippen LogP contribution in [0.15, 0.2) is 45.9 Å². The Bertz CT molecular complexity index is 1160. The molecule has 0 spiro atoms. The van der Waals surface area contributed by atoms with Crippen LogP contribution in [0.2, 0.25) is 5.02 Å². The molecule has 1 aliphatic heterocycles. The molecule has 0 saturated heterocycles. The van der Waals surface area contributed by atoms with Gasteiger partial charge in [-0.3, -0.25) is 9.79 Å². The quantitative estimate of drug-likeness (QED) is 0.742. The third-order valence-corrected chi connectivity index (χ3v) is 8.89. The number of rotatable bonds is 3. The second kappa shape index (κ2) is 7.63. The maximum absolute atomic E-state index is 14.8. The number of halogens is 2. The highest BCUT2D eigenvalue weighted by molar-refractivity contribution is 7.95. The van der Waals surface area contributed by atoms with Crippen molar-refractivity contribution in [2.75, 3.05) is 18.1 Å². The van der Waals surface area contributed by atoms with E-state index >= 15 is 0 Å². The zero-order valence-electron chi connectivity index (χ0n) is 17.1. The molecule has 2 atom stereocenters. The number of aromatic nitrogens is 1. The fourth-order valence-corrected chi connectivity index (χ4v) is 5.72. The lowest BCUT2D eigenvalue weighted by molar-refractivity contribution is 0.102. The van der Waals surface area contributed by atoms with Crippen LogP contribution in [0.4, 0.5) is 10.1 Å². The molecular formula is C20H23ClFN5O2S. The standard InChI is InChI=1S/C20H23ClFN5O2S/c1-19(2)18(23)27-20(3,11-30(19,29)24-4)14-9-13(6-7-15(14)22)26-17(28)16-8-5-12(21)10-25-16/h5-10H,11H2,1-4H3,(H2,23,27)(H,26,28)/t20-,30?/m0/s1. The molecule has 160 valence electrons. The van der Waals surface area contributed by atoms with E-state index < -0.39 is 31.7 Å². The second-order valence-electron chi connectivity index (χ2n) is 7.76. The summed E-state index contributed by atoms with van der Waals surface area (Å²) in [5.41, 5.74) is 5.59. The molecule has 1 unspecified atom stereocenters. The fraction of sp³-hybridized carbons (Fsp3) is 0.350. The van der Waals surface area contributed by atoms with Gasteiger partial charge in [0.1, 0.15) is 27.6 Å². The van der Waals surface area contributed by atoms with Gasteiger partial charge in [-0.2, -0.15) is 0 Å². The third kappa shape index (κ3) is 3.79. The number of nitrogens with zero attached hydrogens (tertiary/aromatic N) is 3. The van der Waals surface area contributed by atoms with Gasteiger partial charge in [0.2, 0.25) is 0 Å². The summed E-state index contributed by atoms with van der Waals surface area (Å²) >= 11 is 5.79. The number of hydrogen-bond acceptors (Lipinski definition) is 6. The molecule has 0 radical (unpaired) electrons. The molecule has 3 N–H and O–H groups in total. The molecule has 3 rings (SSSR count). The van der Waals surface area contributed by atoms with E-state index in [9.17, 15) is 13.4 Å². The van der Waals surface area contributed by atoms with Crippen LogP contribution in [0.5, 0.6) is 0 Å². The van der Waals surface area contributed by atoms with Gasteiger partial charge < -0.3 is 11.1 Å². The second-order valence-corrected chi connectivity index (χ2v) is 11.2. The Morgan fingerprint density at radius 2 is 2.00 bits per heavy atom. The Balaban J connectivity index is 2.01. The average Bonchev–Trinajstić information content (AvgIpc) is 2.68. The van der Waals surface area contributed by atoms with Crippen LogP contribution < -0.4 is 11.1 Å². The number of anilines is 1. The first-order chi connectivity index (χ1) is 13.9. The van der Waals surface area contributed by atoms with Crippen molar-refractivity contribution in [3.8, 4) is 0 Å². The van der Waals surface area contributed by atoms with Gasteiger partial charge in [-0.05, 0) is 51.1 Å². The Hall–Kier alpha value is -2.52. The molecule has 30 heavy (non-hydrogen) atoms. The number of amidine groups is 1. The molecular weight excluding hydrogens is 429 g/mol. The van der Waals surface area contributed by atoms with E-state index in [0.717, 1.165) is 0 Å². The van der Waals surface area contributed by atoms with Crippen molar-refractivity contribution in [3.05, 3.63) is 58.6 Å². The van der Waals surface area contributed by atoms with Crippen molar-refractivity contribution < 1.29 is 13.4 Å². The van der Waals surface area contributed by atoms with E-state index in [4.69, 9.17) is 17.3 Å². The summed E-state index contributed by atoms with van der Waals surface area (Å²) in [5.74, 6) is -0.883. The maximum Gasteiger partial charge on any atom is 0.274 e. The van der Waals surface area contributed by atoms with Crippen LogP contribution in [0.3, 0.4) is 0 Å². The summed E-state index contributed by atoms with van der Waals surface area (Å²) in [4.78, 5) is 20.9. The first-order valence-electron chi connectivity index (χ1n) is 9.13. The molecule has 1 aliphatic rings. The average molecular weight is 452 g/mol. The number of amides is 1. The highest BCUT2D eigenvalue weighted by Gasteiger charge is 2.47. The van der Waals surface area contributed by atoms with Crippen LogP contribution in [0.1, 0.15) is 36.8 Å². The van der Waals surface area contributed by atoms with E-state index in [-0.39, 0.29) is 22.8 Å². The highest BCUT2D eigenvalue weighted by atomic mass is 35.5. The first kappa shape index (κ1) is 22.2. The predicted octanol–water partition coefficient (Wildman–Crippen LogP) is 3.59. The summed E-state index contributed by atoms with van der Waals surface area (Å²) in [7, 11) is -1.35. The fourth-order valence-electron chi connectivity index (χ4n) is 3.31. The minimum absolute atomic E-state index is 0.00272. The number of nitrogens with one attached hydrogen (secondary N) is 1. The summed E-state index contributed by atoms with van der Waals surface area (Å²) in [6.45, 7) is 5.09. The normalized spacial score (nSPS) is 25.3. The van der Waals surface area contributed by atoms with E-state index in [0.29, 0.717) is 10.7 Å². The topological polar surface area (TPSA) is 110 Å². The summed E-state index contributed by atoms with van der Waals surface area (Å²) in [6.07, 6.45) is 1.36. The maximum atomic E-state index is 14.8. The number of pyridine rings is 1. The molecule has 1 aromatic carbocycles. The summed E-state index contributed by atoms with van der Waals surface area (Å²) in [6, 6.07) is 7.15. The van der Waals surface area contributed by atoms with E-state index in [2.05, 4.69) is 19.7 Å². The number of aliphatic imine (C=N–C) groups is 1. The first-order valence-corrected chi connectivity index (χ1v) is 11.2. The Labute approximate surface area is 180 Å². The van der Waals surface area contributed by atoms with Gasteiger partial charge in [-0.15, -0.1) is 0 Å². The lowest BCUT2D eigenvalue weighted by Crippen LogP contribution is -2.54. The Kier molecular flexibility index (Phi) is 5.64. The van der Waals surface area contributed by atoms with Gasteiger partial charge in [0.15, 0.2) is 0 Å². The van der Waals surface area contributed by atoms with Crippen LogP contribution in [0, 0.1) is 5.82 Å². The Morgan fingerprint density at radius 1 is 1.30 bits per heavy atom. The van der Waals surface area contributed by atoms with Gasteiger partial charge in [0.05, 0.1) is 20.5 Å². The molecule has 1 aromatic heterocycles. The lowest BCUT2D eigenvalue weighted by atomic mass is 9.92. The monoisotopic (exact) mass is 451 g/mol. The van der Waals surface area contributed by atoms with Crippen LogP contribution >= 0.6 is 11.6 Å². The molecule has 0 fully saturated rings. The minimum Gasteiger partial charge on any atom is -0.386 e. The van der Waals surface area contributed by atoms with Gasteiger partial charge in [-0.25, -0.2) is 17.9 Å². The van der Waals surface area contributed by atoms with Crippen molar-refractivity contribution in [2.45, 2.75) is 31.1 Å². The number of carbonyl (C=O) groups excluding carboxylic acids is 1. The SMILES string of the molecule is CN=S1(=O)C[C@@](C)(c2cc(NC(=O)c3ccc(Cl)cn3)ccc2F)N=C(N)C1(C)C. The molecule has 0 saturated carbocycles. The molecule has 0 aliphatic carbocycles. The van der Waals surface area contributed by atoms with Crippen molar-refractivity contribution in [1.82, 2.24) is 4.98 Å². The highest BCUT2D eigenvalue weighted by Crippen LogP contribution is 2.39. The van der Waals surface area contributed by atoms with Crippen molar-refractivity contribution in [2.24, 2.45) is 15.1 Å². The van der Waals surface area contributed by atoms with E-state index in [1.165, 1.54) is 37.5 Å². The van der Waals surface area contributed by atoms with Crippen molar-refractivity contribution in [1.29, 1.82) is 0 Å². The largest absolute Gasteiger partial charge is 0.386 e. The lowest BCUT2D eigenvalue weighted by Gasteiger charge is -2.40. The molecule has 2 heterocycles. The van der Waals surface area contributed by atoms with Gasteiger partial charge in [0, 0.05) is 24.5 Å². The van der Waals surface area contributed by atoms with Gasteiger partial charge in [-0.1, -0.05) is 11.6 Å². The zero-order valence-corrected chi connectivity index (χ0v) is 18.6. The molecule has 0 bridgehead atoms. The van der Waals surface area contributed by atoms with E-state index in [1.807, 2.05) is 0 Å². The minimum atomic E-state index is -2.82. The third-order valence-electron chi connectivity index (χ3n) is 5.32. The van der Waals surface area contributed by atoms with E-state index in [1.54, 1.807) is 26.8 Å². The number of nitrogens with two attached hydrogens (primary N) is 1. The van der Waals surface area contributed by atoms with Gasteiger partial charge >= 0.3 is 0 Å². The summed E-state index contributed by atoms with van der Waals surface area (Å²) < 4.78 is 31.4. The Morgan fingerprint density at radius 3 is 2.60 bits per heavy atom. The molecule has 10 heteroatoms. The smallest absolute Gasteiger partial charge is 0.274 e. The predicted molar refractivity (Wildman–Crippen MR) is 118 cm³/mol. The van der Waals surface area contributed by atoms with Gasteiger partial charge in [0.25, 0.3) is 5.91 Å². The number of carbonyl (C=O) groups is 1.